The van der Waals surface area contributed by atoms with Crippen LogP contribution in [0.3, 0.4) is 0 Å². The molecule has 1 heterocycles. The molecule has 0 saturated heterocycles. The maximum Gasteiger partial charge on any atom is 0.0910 e. The molecule has 0 aliphatic heterocycles. The third-order valence-electron chi connectivity index (χ3n) is 1.57. The molecule has 0 spiro atoms. The fraction of sp³-hybridized carbons (Fsp3) is 0.400. The van der Waals surface area contributed by atoms with Crippen LogP contribution >= 0.6 is 27.3 Å². The lowest BCUT2D eigenvalue weighted by Crippen LogP contribution is -1.96. The summed E-state index contributed by atoms with van der Waals surface area (Å²) in [5, 5.41) is 2.04. The number of rotatable bonds is 3. The van der Waals surface area contributed by atoms with E-state index in [0.717, 1.165) is 35.2 Å². The molecule has 0 saturated carbocycles. The molecule has 1 rings (SSSR count). The molecule has 1 aromatic rings. The van der Waals surface area contributed by atoms with E-state index in [-0.39, 0.29) is 0 Å². The third kappa shape index (κ3) is 3.95. The fourth-order valence-corrected chi connectivity index (χ4v) is 2.22. The monoisotopic (exact) mass is 257 g/mol. The Balaban J connectivity index is 2.35. The second kappa shape index (κ2) is 6.20. The first-order chi connectivity index (χ1) is 6.34. The number of hydrogen-bond acceptors (Lipinski definition) is 2. The molecule has 0 atom stereocenters. The number of nitrogens with two attached hydrogens (primary N) is 1. The van der Waals surface area contributed by atoms with Crippen LogP contribution in [0, 0.1) is 11.8 Å². The molecule has 1 nitrogen and oxygen atoms in total. The minimum Gasteiger partial charge on any atom is -0.330 e. The Morgan fingerprint density at radius 2 is 2.31 bits per heavy atom. The van der Waals surface area contributed by atoms with E-state index in [1.165, 1.54) is 0 Å². The van der Waals surface area contributed by atoms with E-state index in [4.69, 9.17) is 5.73 Å². The van der Waals surface area contributed by atoms with Gasteiger partial charge in [0.15, 0.2) is 0 Å². The molecule has 3 heteroatoms. The highest BCUT2D eigenvalue weighted by atomic mass is 79.9. The van der Waals surface area contributed by atoms with Crippen LogP contribution in [0.1, 0.15) is 24.1 Å². The quantitative estimate of drug-likeness (QED) is 0.654. The molecule has 0 bridgehead atoms. The van der Waals surface area contributed by atoms with Gasteiger partial charge >= 0.3 is 0 Å². The molecule has 0 aromatic carbocycles. The zero-order chi connectivity index (χ0) is 9.52. The minimum atomic E-state index is 0.768. The molecule has 2 N–H and O–H groups in total. The molecule has 0 fully saturated rings. The average Bonchev–Trinajstić information content (AvgIpc) is 2.52. The van der Waals surface area contributed by atoms with Crippen LogP contribution in [0.5, 0.6) is 0 Å². The average molecular weight is 258 g/mol. The molecule has 0 amide bonds. The molecular formula is C10H12BrNS. The van der Waals surface area contributed by atoms with Crippen LogP contribution in [0.2, 0.25) is 0 Å². The number of thiophene rings is 1. The van der Waals surface area contributed by atoms with Crippen molar-refractivity contribution >= 4 is 27.3 Å². The zero-order valence-electron chi connectivity index (χ0n) is 7.35. The van der Waals surface area contributed by atoms with Crippen molar-refractivity contribution in [2.24, 2.45) is 5.73 Å². The third-order valence-corrected chi connectivity index (χ3v) is 3.33. The van der Waals surface area contributed by atoms with Gasteiger partial charge in [0.2, 0.25) is 0 Å². The van der Waals surface area contributed by atoms with Crippen LogP contribution in [0.15, 0.2) is 15.9 Å². The van der Waals surface area contributed by atoms with Gasteiger partial charge in [0, 0.05) is 10.9 Å². The first kappa shape index (κ1) is 10.8. The second-order valence-corrected chi connectivity index (χ2v) is 4.42. The van der Waals surface area contributed by atoms with Crippen LogP contribution in [0.4, 0.5) is 0 Å². The SMILES string of the molecule is NCCCCC#Cc1sccc1Br. The first-order valence-corrected chi connectivity index (χ1v) is 5.94. The number of halogens is 1. The standard InChI is InChI=1S/C10H12BrNS/c11-9-6-8-13-10(9)5-3-1-2-4-7-12/h6,8H,1-2,4,7,12H2. The summed E-state index contributed by atoms with van der Waals surface area (Å²) >= 11 is 5.11. The smallest absolute Gasteiger partial charge is 0.0910 e. The zero-order valence-corrected chi connectivity index (χ0v) is 9.75. The molecule has 0 aliphatic rings. The van der Waals surface area contributed by atoms with E-state index in [0.29, 0.717) is 0 Å². The van der Waals surface area contributed by atoms with Crippen molar-refractivity contribution in [1.82, 2.24) is 0 Å². The van der Waals surface area contributed by atoms with Crippen molar-refractivity contribution in [3.63, 3.8) is 0 Å². The summed E-state index contributed by atoms with van der Waals surface area (Å²) < 4.78 is 1.10. The lowest BCUT2D eigenvalue weighted by atomic mass is 10.2. The summed E-state index contributed by atoms with van der Waals surface area (Å²) in [6, 6.07) is 2.02. The predicted molar refractivity (Wildman–Crippen MR) is 61.8 cm³/mol. The van der Waals surface area contributed by atoms with Crippen LogP contribution in [0.25, 0.3) is 0 Å². The summed E-state index contributed by atoms with van der Waals surface area (Å²) in [7, 11) is 0. The van der Waals surface area contributed by atoms with Crippen molar-refractivity contribution in [1.29, 1.82) is 0 Å². The van der Waals surface area contributed by atoms with Gasteiger partial charge in [0.05, 0.1) is 4.88 Å². The van der Waals surface area contributed by atoms with E-state index in [9.17, 15) is 0 Å². The Kier molecular flexibility index (Phi) is 5.14. The Bertz CT molecular complexity index is 308. The van der Waals surface area contributed by atoms with Gasteiger partial charge in [-0.2, -0.15) is 0 Å². The molecule has 0 unspecified atom stereocenters. The van der Waals surface area contributed by atoms with Gasteiger partial charge in [-0.3, -0.25) is 0 Å². The normalized spacial score (nSPS) is 9.38. The van der Waals surface area contributed by atoms with Crippen LogP contribution in [-0.2, 0) is 0 Å². The highest BCUT2D eigenvalue weighted by molar-refractivity contribution is 9.10. The Morgan fingerprint density at radius 3 is 2.92 bits per heavy atom. The molecular weight excluding hydrogens is 246 g/mol. The Hall–Kier alpha value is -0.300. The summed E-state index contributed by atoms with van der Waals surface area (Å²) in [6.07, 6.45) is 3.12. The maximum absolute atomic E-state index is 5.38. The van der Waals surface area contributed by atoms with Crippen LogP contribution < -0.4 is 5.73 Å². The molecule has 0 radical (unpaired) electrons. The van der Waals surface area contributed by atoms with Crippen molar-refractivity contribution in [3.05, 3.63) is 20.8 Å². The lowest BCUT2D eigenvalue weighted by Gasteiger charge is -1.88. The predicted octanol–water partition coefficient (Wildman–Crippen LogP) is 2.99. The topological polar surface area (TPSA) is 26.0 Å². The van der Waals surface area contributed by atoms with E-state index in [1.54, 1.807) is 11.3 Å². The van der Waals surface area contributed by atoms with Crippen molar-refractivity contribution in [2.45, 2.75) is 19.3 Å². The van der Waals surface area contributed by atoms with E-state index in [2.05, 4.69) is 27.8 Å². The largest absolute Gasteiger partial charge is 0.330 e. The van der Waals surface area contributed by atoms with Gasteiger partial charge in [-0.1, -0.05) is 11.8 Å². The highest BCUT2D eigenvalue weighted by Gasteiger charge is 1.94. The Morgan fingerprint density at radius 1 is 1.46 bits per heavy atom. The number of hydrogen-bond donors (Lipinski definition) is 1. The first-order valence-electron chi connectivity index (χ1n) is 4.26. The molecule has 1 aromatic heterocycles. The van der Waals surface area contributed by atoms with E-state index < -0.39 is 0 Å². The van der Waals surface area contributed by atoms with Crippen molar-refractivity contribution < 1.29 is 0 Å². The van der Waals surface area contributed by atoms with Gasteiger partial charge in [-0.25, -0.2) is 0 Å². The molecule has 0 aliphatic carbocycles. The highest BCUT2D eigenvalue weighted by Crippen LogP contribution is 2.21. The van der Waals surface area contributed by atoms with Gasteiger partial charge < -0.3 is 5.73 Å². The van der Waals surface area contributed by atoms with Crippen LogP contribution in [-0.4, -0.2) is 6.54 Å². The van der Waals surface area contributed by atoms with E-state index in [1.807, 2.05) is 11.4 Å². The van der Waals surface area contributed by atoms with Gasteiger partial charge in [0.1, 0.15) is 0 Å². The molecule has 13 heavy (non-hydrogen) atoms. The summed E-state index contributed by atoms with van der Waals surface area (Å²) in [5.41, 5.74) is 5.38. The summed E-state index contributed by atoms with van der Waals surface area (Å²) in [6.45, 7) is 0.768. The number of unbranched alkanes of at least 4 members (excludes halogenated alkanes) is 2. The molecule has 70 valence electrons. The summed E-state index contributed by atoms with van der Waals surface area (Å²) in [4.78, 5) is 1.12. The van der Waals surface area contributed by atoms with Gasteiger partial charge in [0.25, 0.3) is 0 Å². The van der Waals surface area contributed by atoms with Gasteiger partial charge in [-0.05, 0) is 46.8 Å². The second-order valence-electron chi connectivity index (χ2n) is 2.65. The minimum absolute atomic E-state index is 0.768. The van der Waals surface area contributed by atoms with E-state index >= 15 is 0 Å². The maximum atomic E-state index is 5.38. The lowest BCUT2D eigenvalue weighted by molar-refractivity contribution is 0.768. The summed E-state index contributed by atoms with van der Waals surface area (Å²) in [5.74, 6) is 6.27. The van der Waals surface area contributed by atoms with Gasteiger partial charge in [-0.15, -0.1) is 11.3 Å². The Labute approximate surface area is 91.5 Å². The fourth-order valence-electron chi connectivity index (χ4n) is 0.883. The van der Waals surface area contributed by atoms with Crippen molar-refractivity contribution in [2.75, 3.05) is 6.54 Å². The van der Waals surface area contributed by atoms with Crippen molar-refractivity contribution in [3.8, 4) is 11.8 Å².